The number of benzene rings is 1. The Balaban J connectivity index is 1.66. The third kappa shape index (κ3) is 5.26. The van der Waals surface area contributed by atoms with Crippen LogP contribution in [-0.4, -0.2) is 34.9 Å². The molecule has 0 saturated heterocycles. The highest BCUT2D eigenvalue weighted by Gasteiger charge is 2.11. The fraction of sp³-hybridized carbons (Fsp3) is 0.250. The van der Waals surface area contributed by atoms with Crippen molar-refractivity contribution in [2.24, 2.45) is 4.99 Å². The largest absolute Gasteiger partial charge is 0.439 e. The SMILES string of the molecule is CN=C(NCc1cccnc1Oc1cccc(F)c1)N(C)Cc1csc(C)n1. The van der Waals surface area contributed by atoms with Crippen LogP contribution >= 0.6 is 11.3 Å². The summed E-state index contributed by atoms with van der Waals surface area (Å²) in [7, 11) is 3.69. The Labute approximate surface area is 167 Å². The number of nitrogens with one attached hydrogen (secondary N) is 1. The first kappa shape index (κ1) is 19.8. The lowest BCUT2D eigenvalue weighted by Gasteiger charge is -2.21. The molecule has 28 heavy (non-hydrogen) atoms. The van der Waals surface area contributed by atoms with Crippen molar-refractivity contribution >= 4 is 17.3 Å². The second-order valence-electron chi connectivity index (χ2n) is 6.14. The van der Waals surface area contributed by atoms with Crippen LogP contribution in [0.2, 0.25) is 0 Å². The van der Waals surface area contributed by atoms with E-state index in [2.05, 4.69) is 20.3 Å². The number of thiazole rings is 1. The summed E-state index contributed by atoms with van der Waals surface area (Å²) in [6.45, 7) is 3.11. The molecule has 1 aromatic carbocycles. The summed E-state index contributed by atoms with van der Waals surface area (Å²) < 4.78 is 19.2. The van der Waals surface area contributed by atoms with Gasteiger partial charge in [-0.3, -0.25) is 4.99 Å². The maximum Gasteiger partial charge on any atom is 0.224 e. The van der Waals surface area contributed by atoms with Crippen molar-refractivity contribution in [3.8, 4) is 11.6 Å². The van der Waals surface area contributed by atoms with Gasteiger partial charge in [0.25, 0.3) is 0 Å². The minimum atomic E-state index is -0.354. The number of hydrogen-bond donors (Lipinski definition) is 1. The van der Waals surface area contributed by atoms with Crippen molar-refractivity contribution in [3.63, 3.8) is 0 Å². The fourth-order valence-corrected chi connectivity index (χ4v) is 3.25. The zero-order valence-electron chi connectivity index (χ0n) is 16.0. The molecule has 0 aliphatic rings. The number of pyridine rings is 1. The Kier molecular flexibility index (Phi) is 6.54. The third-order valence-electron chi connectivity index (χ3n) is 3.94. The van der Waals surface area contributed by atoms with E-state index < -0.39 is 0 Å². The molecule has 0 atom stereocenters. The van der Waals surface area contributed by atoms with Crippen LogP contribution in [0.4, 0.5) is 4.39 Å². The Morgan fingerprint density at radius 3 is 2.89 bits per heavy atom. The van der Waals surface area contributed by atoms with E-state index in [1.165, 1.54) is 12.1 Å². The highest BCUT2D eigenvalue weighted by molar-refractivity contribution is 7.09. The monoisotopic (exact) mass is 399 g/mol. The van der Waals surface area contributed by atoms with Crippen molar-refractivity contribution in [1.82, 2.24) is 20.2 Å². The molecule has 2 heterocycles. The Morgan fingerprint density at radius 1 is 1.32 bits per heavy atom. The molecule has 8 heteroatoms. The predicted octanol–water partition coefficient (Wildman–Crippen LogP) is 3.99. The summed E-state index contributed by atoms with van der Waals surface area (Å²) in [5, 5.41) is 6.40. The van der Waals surface area contributed by atoms with E-state index in [4.69, 9.17) is 4.74 Å². The minimum Gasteiger partial charge on any atom is -0.439 e. The quantitative estimate of drug-likeness (QED) is 0.502. The van der Waals surface area contributed by atoms with E-state index in [-0.39, 0.29) is 5.82 Å². The number of aliphatic imine (C=N–C) groups is 1. The van der Waals surface area contributed by atoms with Gasteiger partial charge in [0, 0.05) is 43.8 Å². The van der Waals surface area contributed by atoms with E-state index in [0.717, 1.165) is 22.2 Å². The molecule has 146 valence electrons. The van der Waals surface area contributed by atoms with Crippen LogP contribution in [-0.2, 0) is 13.1 Å². The minimum absolute atomic E-state index is 0.354. The van der Waals surface area contributed by atoms with E-state index in [1.54, 1.807) is 36.7 Å². The predicted molar refractivity (Wildman–Crippen MR) is 109 cm³/mol. The van der Waals surface area contributed by atoms with Crippen LogP contribution in [0.1, 0.15) is 16.3 Å². The van der Waals surface area contributed by atoms with E-state index >= 15 is 0 Å². The summed E-state index contributed by atoms with van der Waals surface area (Å²) in [4.78, 5) is 15.1. The number of rotatable bonds is 6. The summed E-state index contributed by atoms with van der Waals surface area (Å²) in [5.74, 6) is 1.20. The maximum absolute atomic E-state index is 13.4. The van der Waals surface area contributed by atoms with Gasteiger partial charge >= 0.3 is 0 Å². The smallest absolute Gasteiger partial charge is 0.224 e. The summed E-state index contributed by atoms with van der Waals surface area (Å²) in [5.41, 5.74) is 1.84. The van der Waals surface area contributed by atoms with Crippen molar-refractivity contribution in [1.29, 1.82) is 0 Å². The number of halogens is 1. The second kappa shape index (κ2) is 9.27. The Hall–Kier alpha value is -3.00. The zero-order valence-corrected chi connectivity index (χ0v) is 16.8. The topological polar surface area (TPSA) is 62.6 Å². The molecule has 0 unspecified atom stereocenters. The number of guanidine groups is 1. The summed E-state index contributed by atoms with van der Waals surface area (Å²) in [6.07, 6.45) is 1.64. The van der Waals surface area contributed by atoms with E-state index in [1.807, 2.05) is 36.4 Å². The van der Waals surface area contributed by atoms with Crippen LogP contribution in [0.5, 0.6) is 11.6 Å². The van der Waals surface area contributed by atoms with Crippen LogP contribution < -0.4 is 10.1 Å². The molecule has 3 aromatic rings. The number of aryl methyl sites for hydroxylation is 1. The average molecular weight is 399 g/mol. The van der Waals surface area contributed by atoms with Crippen LogP contribution in [0.15, 0.2) is 53.0 Å². The van der Waals surface area contributed by atoms with Gasteiger partial charge in [-0.15, -0.1) is 11.3 Å². The zero-order chi connectivity index (χ0) is 19.9. The van der Waals surface area contributed by atoms with Crippen molar-refractivity contribution in [3.05, 3.63) is 70.1 Å². The molecule has 0 bridgehead atoms. The number of aromatic nitrogens is 2. The molecule has 0 spiro atoms. The summed E-state index contributed by atoms with van der Waals surface area (Å²) >= 11 is 1.63. The van der Waals surface area contributed by atoms with Crippen molar-refractivity contribution < 1.29 is 9.13 Å². The molecule has 2 aromatic heterocycles. The van der Waals surface area contributed by atoms with E-state index in [0.29, 0.717) is 24.7 Å². The standard InChI is InChI=1S/C20H22FN5OS/c1-14-25-17(13-28-14)12-26(3)20(22-2)24-11-15-6-5-9-23-19(15)27-18-8-4-7-16(21)10-18/h4-10,13H,11-12H2,1-3H3,(H,22,24). The molecule has 0 saturated carbocycles. The average Bonchev–Trinajstić information content (AvgIpc) is 3.08. The number of hydrogen-bond acceptors (Lipinski definition) is 5. The second-order valence-corrected chi connectivity index (χ2v) is 7.20. The first-order valence-electron chi connectivity index (χ1n) is 8.75. The van der Waals surface area contributed by atoms with Gasteiger partial charge < -0.3 is 15.0 Å². The lowest BCUT2D eigenvalue weighted by Crippen LogP contribution is -2.38. The van der Waals surface area contributed by atoms with Gasteiger partial charge in [-0.2, -0.15) is 0 Å². The summed E-state index contributed by atoms with van der Waals surface area (Å²) in [6, 6.07) is 9.73. The molecular weight excluding hydrogens is 377 g/mol. The Morgan fingerprint density at radius 2 is 2.18 bits per heavy atom. The normalized spacial score (nSPS) is 11.4. The molecule has 1 N–H and O–H groups in total. The van der Waals surface area contributed by atoms with Crippen molar-refractivity contribution in [2.45, 2.75) is 20.0 Å². The molecule has 0 radical (unpaired) electrons. The van der Waals surface area contributed by atoms with Gasteiger partial charge in [0.1, 0.15) is 11.6 Å². The molecule has 3 rings (SSSR count). The van der Waals surface area contributed by atoms with Gasteiger partial charge in [0.15, 0.2) is 5.96 Å². The van der Waals surface area contributed by atoms with Crippen LogP contribution in [0.3, 0.4) is 0 Å². The molecule has 0 amide bonds. The fourth-order valence-electron chi connectivity index (χ4n) is 2.65. The molecule has 0 fully saturated rings. The van der Waals surface area contributed by atoms with Crippen molar-refractivity contribution in [2.75, 3.05) is 14.1 Å². The highest BCUT2D eigenvalue weighted by atomic mass is 32.1. The van der Waals surface area contributed by atoms with Gasteiger partial charge in [0.2, 0.25) is 5.88 Å². The lowest BCUT2D eigenvalue weighted by atomic mass is 10.2. The van der Waals surface area contributed by atoms with E-state index in [9.17, 15) is 4.39 Å². The maximum atomic E-state index is 13.4. The Bertz CT molecular complexity index is 959. The van der Waals surface area contributed by atoms with Gasteiger partial charge in [-0.1, -0.05) is 12.1 Å². The highest BCUT2D eigenvalue weighted by Crippen LogP contribution is 2.23. The lowest BCUT2D eigenvalue weighted by molar-refractivity contribution is 0.446. The number of nitrogens with zero attached hydrogens (tertiary/aromatic N) is 4. The van der Waals surface area contributed by atoms with Crippen LogP contribution in [0.25, 0.3) is 0 Å². The van der Waals surface area contributed by atoms with Crippen LogP contribution in [0, 0.1) is 12.7 Å². The molecular formula is C20H22FN5OS. The number of ether oxygens (including phenoxy) is 1. The molecule has 6 nitrogen and oxygen atoms in total. The molecule has 0 aliphatic carbocycles. The first-order chi connectivity index (χ1) is 13.5. The van der Waals surface area contributed by atoms with Gasteiger partial charge in [-0.05, 0) is 25.1 Å². The first-order valence-corrected chi connectivity index (χ1v) is 9.63. The van der Waals surface area contributed by atoms with Gasteiger partial charge in [-0.25, -0.2) is 14.4 Å². The third-order valence-corrected chi connectivity index (χ3v) is 4.76. The molecule has 0 aliphatic heterocycles. The van der Waals surface area contributed by atoms with Gasteiger partial charge in [0.05, 0.1) is 17.2 Å².